The summed E-state index contributed by atoms with van der Waals surface area (Å²) in [6, 6.07) is 12.8. The molecule has 0 saturated heterocycles. The number of nitrogens with one attached hydrogen (secondary N) is 1. The fraction of sp³-hybridized carbons (Fsp3) is 0.300. The second-order valence-corrected chi connectivity index (χ2v) is 8.05. The van der Waals surface area contributed by atoms with Gasteiger partial charge in [-0.25, -0.2) is 13.2 Å². The SMILES string of the molecule is CCOC(=O)c1cccc(NC(=O)c2ccc(N(CC)S(=O)(=O)CC)cc2)c1. The van der Waals surface area contributed by atoms with Gasteiger partial charge in [-0.3, -0.25) is 9.10 Å². The molecule has 0 saturated carbocycles. The Hall–Kier alpha value is -2.87. The fourth-order valence-corrected chi connectivity index (χ4v) is 3.76. The zero-order chi connectivity index (χ0) is 20.7. The second kappa shape index (κ2) is 9.36. The zero-order valence-electron chi connectivity index (χ0n) is 16.1. The van der Waals surface area contributed by atoms with E-state index in [9.17, 15) is 18.0 Å². The van der Waals surface area contributed by atoms with Crippen molar-refractivity contribution in [1.82, 2.24) is 0 Å². The van der Waals surface area contributed by atoms with Gasteiger partial charge in [-0.2, -0.15) is 0 Å². The molecule has 1 N–H and O–H groups in total. The summed E-state index contributed by atoms with van der Waals surface area (Å²) in [5.41, 5.74) is 1.68. The highest BCUT2D eigenvalue weighted by molar-refractivity contribution is 7.92. The predicted octanol–water partition coefficient (Wildman–Crippen LogP) is 3.29. The molecule has 150 valence electrons. The lowest BCUT2D eigenvalue weighted by molar-refractivity contribution is 0.0526. The molecule has 0 aromatic heterocycles. The molecule has 2 aromatic rings. The fourth-order valence-electron chi connectivity index (χ4n) is 2.62. The maximum Gasteiger partial charge on any atom is 0.338 e. The third kappa shape index (κ3) is 5.10. The molecule has 7 nitrogen and oxygen atoms in total. The summed E-state index contributed by atoms with van der Waals surface area (Å²) >= 11 is 0. The minimum absolute atomic E-state index is 0.000115. The highest BCUT2D eigenvalue weighted by Crippen LogP contribution is 2.20. The van der Waals surface area contributed by atoms with Crippen LogP contribution in [0.1, 0.15) is 41.5 Å². The monoisotopic (exact) mass is 404 g/mol. The van der Waals surface area contributed by atoms with Gasteiger partial charge in [0, 0.05) is 17.8 Å². The Morgan fingerprint density at radius 2 is 1.68 bits per heavy atom. The van der Waals surface area contributed by atoms with Gasteiger partial charge in [0.25, 0.3) is 5.91 Å². The summed E-state index contributed by atoms with van der Waals surface area (Å²) in [7, 11) is -3.37. The average molecular weight is 404 g/mol. The van der Waals surface area contributed by atoms with Crippen LogP contribution in [-0.4, -0.2) is 39.2 Å². The summed E-state index contributed by atoms with van der Waals surface area (Å²) in [6.45, 7) is 5.64. The van der Waals surface area contributed by atoms with Crippen LogP contribution in [0, 0.1) is 0 Å². The number of amides is 1. The Balaban J connectivity index is 2.16. The normalized spacial score (nSPS) is 11.0. The van der Waals surface area contributed by atoms with Crippen molar-refractivity contribution < 1.29 is 22.7 Å². The minimum atomic E-state index is -3.37. The molecule has 1 amide bonds. The van der Waals surface area contributed by atoms with Crippen LogP contribution in [0.2, 0.25) is 0 Å². The third-order valence-electron chi connectivity index (χ3n) is 4.04. The quantitative estimate of drug-likeness (QED) is 0.682. The average Bonchev–Trinajstić information content (AvgIpc) is 2.69. The van der Waals surface area contributed by atoms with E-state index in [0.717, 1.165) is 0 Å². The molecule has 28 heavy (non-hydrogen) atoms. The molecule has 8 heteroatoms. The van der Waals surface area contributed by atoms with Crippen LogP contribution in [-0.2, 0) is 14.8 Å². The number of carbonyl (C=O) groups is 2. The van der Waals surface area contributed by atoms with E-state index in [0.29, 0.717) is 29.0 Å². The highest BCUT2D eigenvalue weighted by atomic mass is 32.2. The number of sulfonamides is 1. The Morgan fingerprint density at radius 1 is 1.00 bits per heavy atom. The molecule has 2 aromatic carbocycles. The molecule has 0 atom stereocenters. The number of hydrogen-bond donors (Lipinski definition) is 1. The summed E-state index contributed by atoms with van der Waals surface area (Å²) in [5.74, 6) is -0.825. The Bertz CT molecular complexity index is 939. The van der Waals surface area contributed by atoms with Crippen molar-refractivity contribution in [3.8, 4) is 0 Å². The van der Waals surface area contributed by atoms with E-state index in [2.05, 4.69) is 5.32 Å². The molecule has 0 aliphatic rings. The number of ether oxygens (including phenoxy) is 1. The summed E-state index contributed by atoms with van der Waals surface area (Å²) < 4.78 is 30.5. The van der Waals surface area contributed by atoms with Crippen LogP contribution < -0.4 is 9.62 Å². The van der Waals surface area contributed by atoms with Gasteiger partial charge in [0.05, 0.1) is 23.6 Å². The van der Waals surface area contributed by atoms with Crippen LogP contribution >= 0.6 is 0 Å². The maximum atomic E-state index is 12.5. The van der Waals surface area contributed by atoms with E-state index in [1.807, 2.05) is 0 Å². The number of nitrogens with zero attached hydrogens (tertiary/aromatic N) is 1. The van der Waals surface area contributed by atoms with Gasteiger partial charge in [-0.1, -0.05) is 6.07 Å². The van der Waals surface area contributed by atoms with E-state index in [4.69, 9.17) is 4.74 Å². The zero-order valence-corrected chi connectivity index (χ0v) is 17.0. The van der Waals surface area contributed by atoms with E-state index in [-0.39, 0.29) is 18.3 Å². The van der Waals surface area contributed by atoms with Gasteiger partial charge in [-0.05, 0) is 63.2 Å². The first-order valence-corrected chi connectivity index (χ1v) is 10.6. The summed E-state index contributed by atoms with van der Waals surface area (Å²) in [6.07, 6.45) is 0. The maximum absolute atomic E-state index is 12.5. The smallest absolute Gasteiger partial charge is 0.338 e. The van der Waals surface area contributed by atoms with Crippen molar-refractivity contribution in [2.45, 2.75) is 20.8 Å². The van der Waals surface area contributed by atoms with Crippen LogP contribution in [0.15, 0.2) is 48.5 Å². The molecule has 0 fully saturated rings. The minimum Gasteiger partial charge on any atom is -0.462 e. The number of anilines is 2. The largest absolute Gasteiger partial charge is 0.462 e. The third-order valence-corrected chi connectivity index (χ3v) is 5.91. The lowest BCUT2D eigenvalue weighted by Crippen LogP contribution is -2.32. The standard InChI is InChI=1S/C20H24N2O5S/c1-4-22(28(25,26)6-3)18-12-10-15(11-13-18)19(23)21-17-9-7-8-16(14-17)20(24)27-5-2/h7-14H,4-6H2,1-3H3,(H,21,23). The lowest BCUT2D eigenvalue weighted by atomic mass is 10.1. The molecule has 0 aliphatic carbocycles. The van der Waals surface area contributed by atoms with E-state index in [1.165, 1.54) is 10.4 Å². The second-order valence-electron chi connectivity index (χ2n) is 5.87. The van der Waals surface area contributed by atoms with Crippen LogP contribution in [0.25, 0.3) is 0 Å². The molecule has 0 aliphatic heterocycles. The molecule has 0 spiro atoms. The van der Waals surface area contributed by atoms with Crippen molar-refractivity contribution >= 4 is 33.3 Å². The molecular formula is C20H24N2O5S. The summed E-state index contributed by atoms with van der Waals surface area (Å²) in [5, 5.41) is 2.72. The topological polar surface area (TPSA) is 92.8 Å². The van der Waals surface area contributed by atoms with Gasteiger partial charge < -0.3 is 10.1 Å². The van der Waals surface area contributed by atoms with Gasteiger partial charge >= 0.3 is 5.97 Å². The Labute approximate surface area is 165 Å². The molecule has 0 heterocycles. The van der Waals surface area contributed by atoms with Crippen LogP contribution in [0.3, 0.4) is 0 Å². The molecule has 0 unspecified atom stereocenters. The lowest BCUT2D eigenvalue weighted by Gasteiger charge is -2.22. The van der Waals surface area contributed by atoms with Gasteiger partial charge in [0.2, 0.25) is 10.0 Å². The van der Waals surface area contributed by atoms with Crippen molar-refractivity contribution in [3.05, 3.63) is 59.7 Å². The summed E-state index contributed by atoms with van der Waals surface area (Å²) in [4.78, 5) is 24.3. The first kappa shape index (κ1) is 21.4. The number of carbonyl (C=O) groups excluding carboxylic acids is 2. The van der Waals surface area contributed by atoms with Gasteiger partial charge in [0.15, 0.2) is 0 Å². The number of esters is 1. The molecule has 0 radical (unpaired) electrons. The first-order chi connectivity index (χ1) is 13.3. The Morgan fingerprint density at radius 3 is 2.25 bits per heavy atom. The molecular weight excluding hydrogens is 380 g/mol. The number of hydrogen-bond acceptors (Lipinski definition) is 5. The number of benzene rings is 2. The molecule has 2 rings (SSSR count). The van der Waals surface area contributed by atoms with E-state index in [1.54, 1.807) is 63.2 Å². The van der Waals surface area contributed by atoms with Crippen molar-refractivity contribution in [2.75, 3.05) is 28.5 Å². The van der Waals surface area contributed by atoms with Crippen molar-refractivity contribution in [2.24, 2.45) is 0 Å². The van der Waals surface area contributed by atoms with Crippen LogP contribution in [0.4, 0.5) is 11.4 Å². The first-order valence-electron chi connectivity index (χ1n) is 9.01. The predicted molar refractivity (Wildman–Crippen MR) is 109 cm³/mol. The van der Waals surface area contributed by atoms with E-state index >= 15 is 0 Å². The molecule has 0 bridgehead atoms. The van der Waals surface area contributed by atoms with Gasteiger partial charge in [0.1, 0.15) is 0 Å². The van der Waals surface area contributed by atoms with Crippen molar-refractivity contribution in [3.63, 3.8) is 0 Å². The Kier molecular flexibility index (Phi) is 7.17. The van der Waals surface area contributed by atoms with Crippen molar-refractivity contribution in [1.29, 1.82) is 0 Å². The van der Waals surface area contributed by atoms with Crippen LogP contribution in [0.5, 0.6) is 0 Å². The highest BCUT2D eigenvalue weighted by Gasteiger charge is 2.19. The van der Waals surface area contributed by atoms with E-state index < -0.39 is 16.0 Å². The van der Waals surface area contributed by atoms with Gasteiger partial charge in [-0.15, -0.1) is 0 Å². The number of rotatable bonds is 8.